The fourth-order valence-corrected chi connectivity index (χ4v) is 0.856. The number of carbonyl (C=O) groups is 2. The van der Waals surface area contributed by atoms with E-state index < -0.39 is 11.9 Å². The standard InChI is InChI=1S/C8H6O4.2CH4O/c9-7(10)5-3-1-2-4-6(5)8(11)12;2*1-2/h1-4H,(H,9,10)(H,11,12);2*2H,1H3. The summed E-state index contributed by atoms with van der Waals surface area (Å²) in [4.78, 5) is 20.9. The highest BCUT2D eigenvalue weighted by Crippen LogP contribution is 2.07. The first-order valence-corrected chi connectivity index (χ1v) is 4.08. The molecule has 0 saturated carbocycles. The fraction of sp³-hybridized carbons (Fsp3) is 0.200. The molecule has 0 atom stereocenters. The van der Waals surface area contributed by atoms with Crippen molar-refractivity contribution >= 4 is 11.9 Å². The summed E-state index contributed by atoms with van der Waals surface area (Å²) in [5.41, 5.74) is -0.380. The van der Waals surface area contributed by atoms with E-state index in [0.717, 1.165) is 14.2 Å². The molecule has 0 unspecified atom stereocenters. The monoisotopic (exact) mass is 230 g/mol. The SMILES string of the molecule is CO.CO.O=C(O)c1ccccc1C(=O)O. The molecule has 0 radical (unpaired) electrons. The molecule has 0 aliphatic rings. The lowest BCUT2D eigenvalue weighted by Crippen LogP contribution is -2.06. The summed E-state index contributed by atoms with van der Waals surface area (Å²) < 4.78 is 0. The first-order valence-electron chi connectivity index (χ1n) is 4.08. The molecule has 0 aliphatic heterocycles. The summed E-state index contributed by atoms with van der Waals surface area (Å²) in [6.45, 7) is 0. The highest BCUT2D eigenvalue weighted by Gasteiger charge is 2.13. The van der Waals surface area contributed by atoms with Gasteiger partial charge in [-0.05, 0) is 12.1 Å². The summed E-state index contributed by atoms with van der Waals surface area (Å²) >= 11 is 0. The summed E-state index contributed by atoms with van der Waals surface area (Å²) in [6.07, 6.45) is 0. The van der Waals surface area contributed by atoms with Crippen LogP contribution in [0.3, 0.4) is 0 Å². The molecule has 1 aromatic rings. The van der Waals surface area contributed by atoms with Crippen LogP contribution < -0.4 is 0 Å². The second-order valence-electron chi connectivity index (χ2n) is 2.16. The van der Waals surface area contributed by atoms with Gasteiger partial charge in [-0.2, -0.15) is 0 Å². The van der Waals surface area contributed by atoms with Gasteiger partial charge in [0.15, 0.2) is 0 Å². The molecule has 0 heterocycles. The first-order chi connectivity index (χ1) is 7.63. The van der Waals surface area contributed by atoms with Crippen molar-refractivity contribution in [2.75, 3.05) is 14.2 Å². The Morgan fingerprint density at radius 2 is 1.06 bits per heavy atom. The highest BCUT2D eigenvalue weighted by molar-refractivity contribution is 6.01. The van der Waals surface area contributed by atoms with Crippen molar-refractivity contribution in [2.45, 2.75) is 0 Å². The average molecular weight is 230 g/mol. The van der Waals surface area contributed by atoms with E-state index in [4.69, 9.17) is 20.4 Å². The smallest absolute Gasteiger partial charge is 0.336 e. The van der Waals surface area contributed by atoms with Crippen LogP contribution in [0.1, 0.15) is 20.7 Å². The van der Waals surface area contributed by atoms with Crippen LogP contribution in [-0.2, 0) is 0 Å². The molecule has 0 fully saturated rings. The number of benzene rings is 1. The Kier molecular flexibility index (Phi) is 9.93. The molecule has 0 aromatic heterocycles. The number of hydrogen-bond acceptors (Lipinski definition) is 4. The van der Waals surface area contributed by atoms with E-state index in [-0.39, 0.29) is 11.1 Å². The number of hydrogen-bond donors (Lipinski definition) is 4. The van der Waals surface area contributed by atoms with Crippen molar-refractivity contribution in [3.8, 4) is 0 Å². The zero-order valence-corrected chi connectivity index (χ0v) is 8.91. The van der Waals surface area contributed by atoms with E-state index >= 15 is 0 Å². The second kappa shape index (κ2) is 9.63. The van der Waals surface area contributed by atoms with E-state index in [2.05, 4.69) is 0 Å². The van der Waals surface area contributed by atoms with Gasteiger partial charge in [0.05, 0.1) is 11.1 Å². The summed E-state index contributed by atoms with van der Waals surface area (Å²) in [6, 6.07) is 5.48. The molecule has 0 spiro atoms. The molecule has 0 amide bonds. The molecule has 1 rings (SSSR count). The van der Waals surface area contributed by atoms with Gasteiger partial charge in [-0.1, -0.05) is 12.1 Å². The zero-order valence-electron chi connectivity index (χ0n) is 8.91. The zero-order chi connectivity index (χ0) is 13.1. The number of aromatic carboxylic acids is 2. The Hall–Kier alpha value is -1.92. The second-order valence-corrected chi connectivity index (χ2v) is 2.16. The molecule has 90 valence electrons. The van der Waals surface area contributed by atoms with Gasteiger partial charge in [-0.15, -0.1) is 0 Å². The number of aliphatic hydroxyl groups is 2. The third-order valence-electron chi connectivity index (χ3n) is 1.39. The normalized spacial score (nSPS) is 7.75. The van der Waals surface area contributed by atoms with Crippen molar-refractivity contribution < 1.29 is 30.0 Å². The predicted molar refractivity (Wildman–Crippen MR) is 56.6 cm³/mol. The van der Waals surface area contributed by atoms with Crippen LogP contribution in [0.2, 0.25) is 0 Å². The van der Waals surface area contributed by atoms with Gasteiger partial charge >= 0.3 is 11.9 Å². The van der Waals surface area contributed by atoms with Gasteiger partial charge in [0.1, 0.15) is 0 Å². The Balaban J connectivity index is 0. The van der Waals surface area contributed by atoms with Crippen LogP contribution >= 0.6 is 0 Å². The van der Waals surface area contributed by atoms with Gasteiger partial charge in [0.2, 0.25) is 0 Å². The van der Waals surface area contributed by atoms with Gasteiger partial charge in [-0.3, -0.25) is 0 Å². The van der Waals surface area contributed by atoms with Crippen molar-refractivity contribution in [3.05, 3.63) is 35.4 Å². The third-order valence-corrected chi connectivity index (χ3v) is 1.39. The number of carboxylic acid groups (broad SMARTS) is 2. The minimum absolute atomic E-state index is 0.190. The van der Waals surface area contributed by atoms with Crippen molar-refractivity contribution in [3.63, 3.8) is 0 Å². The average Bonchev–Trinajstić information content (AvgIpc) is 2.34. The molecular formula is C10H14O6. The summed E-state index contributed by atoms with van der Waals surface area (Å²) in [5, 5.41) is 31.1. The van der Waals surface area contributed by atoms with Gasteiger partial charge in [-0.25, -0.2) is 9.59 Å². The molecule has 6 heteroatoms. The van der Waals surface area contributed by atoms with Crippen LogP contribution in [0.25, 0.3) is 0 Å². The van der Waals surface area contributed by atoms with Gasteiger partial charge in [0, 0.05) is 14.2 Å². The summed E-state index contributed by atoms with van der Waals surface area (Å²) in [7, 11) is 2.00. The van der Waals surface area contributed by atoms with E-state index in [1.807, 2.05) is 0 Å². The maximum absolute atomic E-state index is 10.5. The number of carboxylic acids is 2. The Morgan fingerprint density at radius 3 is 1.25 bits per heavy atom. The maximum Gasteiger partial charge on any atom is 0.336 e. The summed E-state index contributed by atoms with van der Waals surface area (Å²) in [5.74, 6) is -2.46. The van der Waals surface area contributed by atoms with Crippen LogP contribution in [0.5, 0.6) is 0 Å². The van der Waals surface area contributed by atoms with E-state index in [1.54, 1.807) is 0 Å². The number of rotatable bonds is 2. The molecule has 0 bridgehead atoms. The topological polar surface area (TPSA) is 115 Å². The molecular weight excluding hydrogens is 216 g/mol. The lowest BCUT2D eigenvalue weighted by Gasteiger charge is -1.98. The first kappa shape index (κ1) is 16.5. The molecule has 1 aromatic carbocycles. The van der Waals surface area contributed by atoms with Crippen LogP contribution in [0.15, 0.2) is 24.3 Å². The Morgan fingerprint density at radius 1 is 0.812 bits per heavy atom. The van der Waals surface area contributed by atoms with Crippen LogP contribution in [0.4, 0.5) is 0 Å². The largest absolute Gasteiger partial charge is 0.478 e. The number of aliphatic hydroxyl groups excluding tert-OH is 2. The van der Waals surface area contributed by atoms with E-state index in [0.29, 0.717) is 0 Å². The lowest BCUT2D eigenvalue weighted by atomic mass is 10.1. The Bertz CT molecular complexity index is 301. The molecule has 0 saturated heterocycles. The highest BCUT2D eigenvalue weighted by atomic mass is 16.4. The molecule has 4 N–H and O–H groups in total. The fourth-order valence-electron chi connectivity index (χ4n) is 0.856. The minimum Gasteiger partial charge on any atom is -0.478 e. The molecule has 16 heavy (non-hydrogen) atoms. The van der Waals surface area contributed by atoms with Crippen molar-refractivity contribution in [1.82, 2.24) is 0 Å². The van der Waals surface area contributed by atoms with Gasteiger partial charge in [0.25, 0.3) is 0 Å². The third kappa shape index (κ3) is 5.08. The van der Waals surface area contributed by atoms with Crippen LogP contribution in [-0.4, -0.2) is 46.6 Å². The minimum atomic E-state index is -1.23. The lowest BCUT2D eigenvalue weighted by molar-refractivity contribution is 0.0651. The van der Waals surface area contributed by atoms with E-state index in [9.17, 15) is 9.59 Å². The van der Waals surface area contributed by atoms with Crippen molar-refractivity contribution in [2.24, 2.45) is 0 Å². The molecule has 0 aliphatic carbocycles. The predicted octanol–water partition coefficient (Wildman–Crippen LogP) is 0.300. The van der Waals surface area contributed by atoms with Crippen LogP contribution in [0, 0.1) is 0 Å². The quantitative estimate of drug-likeness (QED) is 0.580. The molecule has 6 nitrogen and oxygen atoms in total. The van der Waals surface area contributed by atoms with Gasteiger partial charge < -0.3 is 20.4 Å². The van der Waals surface area contributed by atoms with E-state index in [1.165, 1.54) is 24.3 Å². The van der Waals surface area contributed by atoms with Crippen molar-refractivity contribution in [1.29, 1.82) is 0 Å². The Labute approximate surface area is 92.4 Å². The maximum atomic E-state index is 10.5.